The normalized spacial score (nSPS) is 14.9. The smallest absolute Gasteiger partial charge is 0.0159 e. The van der Waals surface area contributed by atoms with Gasteiger partial charge in [0.1, 0.15) is 0 Å². The number of fused-ring (bicyclic) bond motifs is 8. The van der Waals surface area contributed by atoms with E-state index in [9.17, 15) is 0 Å². The highest BCUT2D eigenvalue weighted by atomic mass is 14.4. The minimum absolute atomic E-state index is 0.152. The molecule has 4 aliphatic carbocycles. The average Bonchev–Trinajstić information content (AvgIpc) is 4.02. The van der Waals surface area contributed by atoms with E-state index in [1.165, 1.54) is 165 Å². The van der Waals surface area contributed by atoms with Crippen molar-refractivity contribution in [1.82, 2.24) is 0 Å². The summed E-state index contributed by atoms with van der Waals surface area (Å²) in [5, 5.41) is 16.4. The molecule has 12 aromatic carbocycles. The number of benzene rings is 12. The van der Waals surface area contributed by atoms with E-state index in [1.807, 2.05) is 0 Å². The summed E-state index contributed by atoms with van der Waals surface area (Å²) in [5.74, 6) is 0. The molecule has 0 saturated carbocycles. The Balaban J connectivity index is 0.759. The van der Waals surface area contributed by atoms with Crippen molar-refractivity contribution >= 4 is 64.6 Å². The van der Waals surface area contributed by atoms with Crippen molar-refractivity contribution in [3.63, 3.8) is 0 Å². The van der Waals surface area contributed by atoms with Crippen LogP contribution in [0.15, 0.2) is 182 Å². The molecule has 0 radical (unpaired) electrons. The Bertz CT molecular complexity index is 4040. The summed E-state index contributed by atoms with van der Waals surface area (Å²) >= 11 is 0. The van der Waals surface area contributed by atoms with Gasteiger partial charge in [-0.1, -0.05) is 185 Å². The van der Waals surface area contributed by atoms with E-state index in [1.54, 1.807) is 0 Å². The number of rotatable bonds is 3. The molecule has 12 aromatic rings. The SMILES string of the molecule is CC1(C)c2cc(-c3ccc4c(c3)C(C)(C)c3cc(-c5ccc6c7c5ccc5ccc8cccc-6c8c57)ccc3-4)ccc2-c2ccc(-c3ccc4c5c3ccc3ccc6cccc-4c6c35)cc21. The van der Waals surface area contributed by atoms with Crippen molar-refractivity contribution in [2.24, 2.45) is 0 Å². The van der Waals surface area contributed by atoms with Crippen molar-refractivity contribution in [2.45, 2.75) is 38.5 Å². The van der Waals surface area contributed by atoms with E-state index in [0.717, 1.165) is 0 Å². The highest BCUT2D eigenvalue weighted by molar-refractivity contribution is 6.35. The van der Waals surface area contributed by atoms with Gasteiger partial charge in [0.2, 0.25) is 0 Å². The molecule has 0 unspecified atom stereocenters. The quantitative estimate of drug-likeness (QED) is 0.156. The minimum atomic E-state index is -0.152. The van der Waals surface area contributed by atoms with Crippen LogP contribution in [0.2, 0.25) is 0 Å². The third kappa shape index (κ3) is 4.19. The first kappa shape index (κ1) is 35.5. The predicted molar refractivity (Wildman–Crippen MR) is 281 cm³/mol. The standard InChI is InChI=1S/C66H42/c1-65(2)55-31-39(17-21-45(55)47-23-19-41(33-57(47)65)43-27-29-53-49-9-5-7-35-11-13-37-15-25-51(43)63(53)61(37)59(35)49)40-18-22-46-48-24-20-42(34-58(48)66(3,4)56(46)32-40)44-28-30-54-50-10-6-8-36-12-14-38-16-26-52(44)64(54)62(38)60(36)50/h5-34H,1-4H3. The van der Waals surface area contributed by atoms with Crippen LogP contribution in [0, 0.1) is 0 Å². The van der Waals surface area contributed by atoms with E-state index < -0.39 is 0 Å². The van der Waals surface area contributed by atoms with E-state index in [2.05, 4.69) is 210 Å². The van der Waals surface area contributed by atoms with Gasteiger partial charge in [-0.25, -0.2) is 0 Å². The zero-order chi connectivity index (χ0) is 43.5. The van der Waals surface area contributed by atoms with Crippen molar-refractivity contribution in [3.05, 3.63) is 204 Å². The van der Waals surface area contributed by atoms with Gasteiger partial charge in [0.05, 0.1) is 0 Å². The van der Waals surface area contributed by atoms with Crippen LogP contribution in [-0.2, 0) is 10.8 Å². The predicted octanol–water partition coefficient (Wildman–Crippen LogP) is 18.2. The van der Waals surface area contributed by atoms with Gasteiger partial charge in [0.25, 0.3) is 0 Å². The Hall–Kier alpha value is -7.80. The van der Waals surface area contributed by atoms with Gasteiger partial charge >= 0.3 is 0 Å². The van der Waals surface area contributed by atoms with Crippen LogP contribution in [0.1, 0.15) is 49.9 Å². The second-order valence-electron chi connectivity index (χ2n) is 20.7. The van der Waals surface area contributed by atoms with E-state index in [0.29, 0.717) is 0 Å². The molecule has 0 saturated heterocycles. The maximum atomic E-state index is 2.49. The zero-order valence-electron chi connectivity index (χ0n) is 37.3. The second kappa shape index (κ2) is 11.7. The lowest BCUT2D eigenvalue weighted by atomic mass is 9.79. The van der Waals surface area contributed by atoms with E-state index >= 15 is 0 Å². The summed E-state index contributed by atoms with van der Waals surface area (Å²) in [7, 11) is 0. The summed E-state index contributed by atoms with van der Waals surface area (Å²) < 4.78 is 0. The third-order valence-corrected chi connectivity index (χ3v) is 16.9. The molecular formula is C66H42. The molecule has 16 rings (SSSR count). The molecule has 0 aliphatic heterocycles. The molecule has 66 heavy (non-hydrogen) atoms. The van der Waals surface area contributed by atoms with Crippen molar-refractivity contribution in [3.8, 4) is 77.9 Å². The lowest BCUT2D eigenvalue weighted by Gasteiger charge is -2.24. The Morgan fingerprint density at radius 3 is 0.939 bits per heavy atom. The fraction of sp³-hybridized carbons (Fsp3) is 0.0909. The molecule has 0 nitrogen and oxygen atoms in total. The average molecular weight is 835 g/mol. The lowest BCUT2D eigenvalue weighted by Crippen LogP contribution is -2.15. The highest BCUT2D eigenvalue weighted by Crippen LogP contribution is 2.56. The summed E-state index contributed by atoms with van der Waals surface area (Å²) in [6.07, 6.45) is 0. The largest absolute Gasteiger partial charge is 0.0610 e. The van der Waals surface area contributed by atoms with E-state index in [4.69, 9.17) is 0 Å². The number of hydrogen-bond acceptors (Lipinski definition) is 0. The van der Waals surface area contributed by atoms with Crippen LogP contribution >= 0.6 is 0 Å². The van der Waals surface area contributed by atoms with Crippen LogP contribution in [0.4, 0.5) is 0 Å². The summed E-state index contributed by atoms with van der Waals surface area (Å²) in [4.78, 5) is 0. The number of hydrogen-bond donors (Lipinski definition) is 0. The molecule has 306 valence electrons. The van der Waals surface area contributed by atoms with Gasteiger partial charge in [-0.3, -0.25) is 0 Å². The Labute approximate surface area is 383 Å². The second-order valence-corrected chi connectivity index (χ2v) is 20.7. The molecule has 0 fully saturated rings. The monoisotopic (exact) mass is 834 g/mol. The first-order valence-corrected chi connectivity index (χ1v) is 23.7. The van der Waals surface area contributed by atoms with Gasteiger partial charge in [0.15, 0.2) is 0 Å². The Kier molecular flexibility index (Phi) is 6.31. The fourth-order valence-corrected chi connectivity index (χ4v) is 13.6. The molecular weight excluding hydrogens is 793 g/mol. The zero-order valence-corrected chi connectivity index (χ0v) is 37.3. The molecule has 0 atom stereocenters. The van der Waals surface area contributed by atoms with Gasteiger partial charge in [-0.15, -0.1) is 0 Å². The highest BCUT2D eigenvalue weighted by Gasteiger charge is 2.38. The van der Waals surface area contributed by atoms with Gasteiger partial charge in [0, 0.05) is 10.8 Å². The lowest BCUT2D eigenvalue weighted by molar-refractivity contribution is 0.660. The fourth-order valence-electron chi connectivity index (χ4n) is 13.6. The van der Waals surface area contributed by atoms with Gasteiger partial charge < -0.3 is 0 Å². The van der Waals surface area contributed by atoms with Crippen LogP contribution in [0.25, 0.3) is 143 Å². The van der Waals surface area contributed by atoms with Crippen molar-refractivity contribution in [2.75, 3.05) is 0 Å². The van der Waals surface area contributed by atoms with Crippen LogP contribution in [0.5, 0.6) is 0 Å². The molecule has 0 amide bonds. The molecule has 0 spiro atoms. The van der Waals surface area contributed by atoms with Crippen LogP contribution < -0.4 is 0 Å². The van der Waals surface area contributed by atoms with Crippen molar-refractivity contribution in [1.29, 1.82) is 0 Å². The van der Waals surface area contributed by atoms with E-state index in [-0.39, 0.29) is 10.8 Å². The van der Waals surface area contributed by atoms with Crippen molar-refractivity contribution < 1.29 is 0 Å². The Morgan fingerprint density at radius 2 is 0.530 bits per heavy atom. The molecule has 0 heterocycles. The molecule has 4 aliphatic rings. The first-order valence-electron chi connectivity index (χ1n) is 23.7. The van der Waals surface area contributed by atoms with Crippen LogP contribution in [0.3, 0.4) is 0 Å². The van der Waals surface area contributed by atoms with Gasteiger partial charge in [-0.05, 0) is 189 Å². The summed E-state index contributed by atoms with van der Waals surface area (Å²) in [5.41, 5.74) is 23.9. The topological polar surface area (TPSA) is 0 Å². The molecule has 0 bridgehead atoms. The molecule has 0 heteroatoms. The maximum absolute atomic E-state index is 2.49. The maximum Gasteiger partial charge on any atom is 0.0159 e. The van der Waals surface area contributed by atoms with Crippen LogP contribution in [-0.4, -0.2) is 0 Å². The third-order valence-electron chi connectivity index (χ3n) is 16.9. The summed E-state index contributed by atoms with van der Waals surface area (Å²) in [6, 6.07) is 70.5. The molecule has 0 N–H and O–H groups in total. The minimum Gasteiger partial charge on any atom is -0.0610 e. The molecule has 0 aromatic heterocycles. The summed E-state index contributed by atoms with van der Waals surface area (Å²) in [6.45, 7) is 9.68. The first-order chi connectivity index (χ1) is 32.2. The Morgan fingerprint density at radius 1 is 0.227 bits per heavy atom. The van der Waals surface area contributed by atoms with Gasteiger partial charge in [-0.2, -0.15) is 0 Å².